The van der Waals surface area contributed by atoms with Crippen molar-refractivity contribution in [2.75, 3.05) is 5.32 Å². The third-order valence-electron chi connectivity index (χ3n) is 3.25. The number of nitrogens with one attached hydrogen (secondary N) is 2. The fourth-order valence-corrected chi connectivity index (χ4v) is 2.21. The molecule has 106 valence electrons. The van der Waals surface area contributed by atoms with Crippen LogP contribution in [0, 0.1) is 10.1 Å². The van der Waals surface area contributed by atoms with Crippen molar-refractivity contribution in [3.8, 4) is 0 Å². The van der Waals surface area contributed by atoms with Gasteiger partial charge in [-0.1, -0.05) is 24.1 Å². The first-order chi connectivity index (χ1) is 9.66. The first kappa shape index (κ1) is 14.0. The molecule has 0 atom stereocenters. The smallest absolute Gasteiger partial charge is 0.314 e. The number of nitrogens with zero attached hydrogens (tertiary/aromatic N) is 1. The van der Waals surface area contributed by atoms with Gasteiger partial charge in [-0.25, -0.2) is 4.79 Å². The van der Waals surface area contributed by atoms with Gasteiger partial charge < -0.3 is 10.6 Å². The van der Waals surface area contributed by atoms with Crippen molar-refractivity contribution >= 4 is 17.4 Å². The van der Waals surface area contributed by atoms with E-state index in [2.05, 4.69) is 10.6 Å². The lowest BCUT2D eigenvalue weighted by Gasteiger charge is -2.13. The van der Waals surface area contributed by atoms with E-state index in [0.717, 1.165) is 25.7 Å². The molecule has 1 fully saturated rings. The number of hydrogen-bond acceptors (Lipinski definition) is 3. The molecule has 0 saturated heterocycles. The average Bonchev–Trinajstić information content (AvgIpc) is 2.46. The SMILES string of the molecule is O=C(NC=C1CCCCC1)Nc1ccccc1[N+](=O)[O-]. The molecule has 2 N–H and O–H groups in total. The lowest BCUT2D eigenvalue weighted by atomic mass is 9.96. The number of nitro groups is 1. The van der Waals surface area contributed by atoms with Gasteiger partial charge in [0.25, 0.3) is 5.69 Å². The average molecular weight is 275 g/mol. The second-order valence-electron chi connectivity index (χ2n) is 4.74. The van der Waals surface area contributed by atoms with Crippen LogP contribution in [0.15, 0.2) is 36.0 Å². The zero-order chi connectivity index (χ0) is 14.4. The molecule has 6 nitrogen and oxygen atoms in total. The number of nitro benzene ring substituents is 1. The fourth-order valence-electron chi connectivity index (χ4n) is 2.21. The molecular weight excluding hydrogens is 258 g/mol. The molecule has 0 unspecified atom stereocenters. The highest BCUT2D eigenvalue weighted by molar-refractivity contribution is 5.92. The molecule has 0 heterocycles. The minimum absolute atomic E-state index is 0.118. The third kappa shape index (κ3) is 3.81. The Labute approximate surface area is 117 Å². The van der Waals surface area contributed by atoms with E-state index >= 15 is 0 Å². The van der Waals surface area contributed by atoms with Gasteiger partial charge in [0.05, 0.1) is 4.92 Å². The number of para-hydroxylation sites is 2. The summed E-state index contributed by atoms with van der Waals surface area (Å²) in [4.78, 5) is 22.1. The van der Waals surface area contributed by atoms with Crippen LogP contribution in [-0.2, 0) is 0 Å². The van der Waals surface area contributed by atoms with Crippen LogP contribution >= 0.6 is 0 Å². The van der Waals surface area contributed by atoms with E-state index in [1.807, 2.05) is 0 Å². The standard InChI is InChI=1S/C14H17N3O3/c18-14(15-10-11-6-2-1-3-7-11)16-12-8-4-5-9-13(12)17(19)20/h4-5,8-10H,1-3,6-7H2,(H2,15,16,18). The molecule has 1 aromatic rings. The van der Waals surface area contributed by atoms with E-state index in [4.69, 9.17) is 0 Å². The van der Waals surface area contributed by atoms with Crippen LogP contribution in [0.3, 0.4) is 0 Å². The zero-order valence-corrected chi connectivity index (χ0v) is 11.1. The number of carbonyl (C=O) groups is 1. The van der Waals surface area contributed by atoms with Gasteiger partial charge in [-0.3, -0.25) is 10.1 Å². The number of amides is 2. The molecule has 0 spiro atoms. The first-order valence-electron chi connectivity index (χ1n) is 6.65. The molecule has 1 saturated carbocycles. The van der Waals surface area contributed by atoms with Crippen molar-refractivity contribution in [2.45, 2.75) is 32.1 Å². The molecule has 6 heteroatoms. The highest BCUT2D eigenvalue weighted by Gasteiger charge is 2.14. The highest BCUT2D eigenvalue weighted by atomic mass is 16.6. The van der Waals surface area contributed by atoms with Crippen molar-refractivity contribution in [1.29, 1.82) is 0 Å². The summed E-state index contributed by atoms with van der Waals surface area (Å²) in [6, 6.07) is 5.60. The lowest BCUT2D eigenvalue weighted by molar-refractivity contribution is -0.383. The molecule has 1 aromatic carbocycles. The number of urea groups is 1. The number of rotatable bonds is 3. The van der Waals surface area contributed by atoms with Gasteiger partial charge in [-0.15, -0.1) is 0 Å². The second kappa shape index (κ2) is 6.70. The van der Waals surface area contributed by atoms with Crippen molar-refractivity contribution in [3.05, 3.63) is 46.2 Å². The topological polar surface area (TPSA) is 84.3 Å². The van der Waals surface area contributed by atoms with Crippen molar-refractivity contribution < 1.29 is 9.72 Å². The van der Waals surface area contributed by atoms with Gasteiger partial charge >= 0.3 is 6.03 Å². The minimum atomic E-state index is -0.519. The van der Waals surface area contributed by atoms with E-state index < -0.39 is 11.0 Å². The van der Waals surface area contributed by atoms with Gasteiger partial charge in [0, 0.05) is 12.3 Å². The Bertz CT molecular complexity index is 532. The number of hydrogen-bond donors (Lipinski definition) is 2. The van der Waals surface area contributed by atoms with E-state index in [0.29, 0.717) is 0 Å². The Balaban J connectivity index is 1.96. The van der Waals surface area contributed by atoms with Crippen LogP contribution in [0.4, 0.5) is 16.2 Å². The van der Waals surface area contributed by atoms with Gasteiger partial charge in [-0.2, -0.15) is 0 Å². The molecule has 1 aliphatic rings. The minimum Gasteiger partial charge on any atom is -0.314 e. The molecule has 0 aliphatic heterocycles. The molecule has 2 amide bonds. The van der Waals surface area contributed by atoms with Crippen molar-refractivity contribution in [1.82, 2.24) is 5.32 Å². The van der Waals surface area contributed by atoms with Gasteiger partial charge in [0.2, 0.25) is 0 Å². The Morgan fingerprint density at radius 3 is 2.60 bits per heavy atom. The Morgan fingerprint density at radius 2 is 1.90 bits per heavy atom. The lowest BCUT2D eigenvalue weighted by Crippen LogP contribution is -2.25. The predicted octanol–water partition coefficient (Wildman–Crippen LogP) is 3.56. The summed E-state index contributed by atoms with van der Waals surface area (Å²) in [7, 11) is 0. The Morgan fingerprint density at radius 1 is 1.20 bits per heavy atom. The largest absolute Gasteiger partial charge is 0.323 e. The summed E-state index contributed by atoms with van der Waals surface area (Å²) in [6.45, 7) is 0. The summed E-state index contributed by atoms with van der Waals surface area (Å²) < 4.78 is 0. The maximum absolute atomic E-state index is 11.7. The van der Waals surface area contributed by atoms with Crippen LogP contribution in [0.25, 0.3) is 0 Å². The summed E-state index contributed by atoms with van der Waals surface area (Å²) in [5.41, 5.74) is 1.29. The monoisotopic (exact) mass is 275 g/mol. The van der Waals surface area contributed by atoms with Gasteiger partial charge in [0.15, 0.2) is 0 Å². The van der Waals surface area contributed by atoms with Crippen molar-refractivity contribution in [2.24, 2.45) is 0 Å². The summed E-state index contributed by atoms with van der Waals surface area (Å²) in [5.74, 6) is 0. The van der Waals surface area contributed by atoms with Crippen LogP contribution in [0.5, 0.6) is 0 Å². The summed E-state index contributed by atoms with van der Waals surface area (Å²) in [5, 5.41) is 16.0. The third-order valence-corrected chi connectivity index (χ3v) is 3.25. The molecule has 2 rings (SSSR count). The Kier molecular flexibility index (Phi) is 4.70. The molecular formula is C14H17N3O3. The second-order valence-corrected chi connectivity index (χ2v) is 4.74. The fraction of sp³-hybridized carbons (Fsp3) is 0.357. The highest BCUT2D eigenvalue weighted by Crippen LogP contribution is 2.23. The van der Waals surface area contributed by atoms with Crippen LogP contribution < -0.4 is 10.6 Å². The first-order valence-corrected chi connectivity index (χ1v) is 6.65. The maximum Gasteiger partial charge on any atom is 0.323 e. The van der Waals surface area contributed by atoms with E-state index in [9.17, 15) is 14.9 Å². The Hall–Kier alpha value is -2.37. The van der Waals surface area contributed by atoms with E-state index in [1.54, 1.807) is 18.3 Å². The number of carbonyl (C=O) groups excluding carboxylic acids is 1. The predicted molar refractivity (Wildman–Crippen MR) is 76.4 cm³/mol. The molecule has 1 aliphatic carbocycles. The zero-order valence-electron chi connectivity index (χ0n) is 11.1. The molecule has 0 bridgehead atoms. The normalized spacial score (nSPS) is 14.5. The van der Waals surface area contributed by atoms with Crippen LogP contribution in [0.2, 0.25) is 0 Å². The molecule has 20 heavy (non-hydrogen) atoms. The van der Waals surface area contributed by atoms with E-state index in [1.165, 1.54) is 24.1 Å². The summed E-state index contributed by atoms with van der Waals surface area (Å²) >= 11 is 0. The summed E-state index contributed by atoms with van der Waals surface area (Å²) in [6.07, 6.45) is 7.26. The quantitative estimate of drug-likeness (QED) is 0.653. The maximum atomic E-state index is 11.7. The van der Waals surface area contributed by atoms with Crippen LogP contribution in [0.1, 0.15) is 32.1 Å². The number of anilines is 1. The molecule has 0 aromatic heterocycles. The van der Waals surface area contributed by atoms with Gasteiger partial charge in [-0.05, 0) is 31.7 Å². The van der Waals surface area contributed by atoms with Crippen LogP contribution in [-0.4, -0.2) is 11.0 Å². The molecule has 0 radical (unpaired) electrons. The van der Waals surface area contributed by atoms with Crippen molar-refractivity contribution in [3.63, 3.8) is 0 Å². The number of benzene rings is 1. The van der Waals surface area contributed by atoms with Gasteiger partial charge in [0.1, 0.15) is 5.69 Å². The number of allylic oxidation sites excluding steroid dienone is 1. The van der Waals surface area contributed by atoms with E-state index in [-0.39, 0.29) is 11.4 Å².